The largest absolute Gasteiger partial charge is 0.396 e. The van der Waals surface area contributed by atoms with E-state index in [9.17, 15) is 5.11 Å². The highest BCUT2D eigenvalue weighted by molar-refractivity contribution is 5.79. The fourth-order valence-electron chi connectivity index (χ4n) is 2.59. The van der Waals surface area contributed by atoms with Crippen LogP contribution in [0.2, 0.25) is 0 Å². The molecular weight excluding hydrogens is 288 g/mol. The van der Waals surface area contributed by atoms with Crippen LogP contribution in [0.15, 0.2) is 29.4 Å². The number of aliphatic imine (C=N–C) groups is 1. The first-order valence-electron chi connectivity index (χ1n) is 8.72. The van der Waals surface area contributed by atoms with Crippen molar-refractivity contribution in [2.45, 2.75) is 46.5 Å². The maximum atomic E-state index is 9.31. The van der Waals surface area contributed by atoms with Gasteiger partial charge in [-0.2, -0.15) is 0 Å². The van der Waals surface area contributed by atoms with Gasteiger partial charge < -0.3 is 15.7 Å². The molecule has 1 heterocycles. The van der Waals surface area contributed by atoms with Crippen LogP contribution in [0, 0.1) is 5.41 Å². The molecule has 0 unspecified atom stereocenters. The zero-order chi connectivity index (χ0) is 17.0. The first-order valence-corrected chi connectivity index (χ1v) is 8.72. The molecule has 0 atom stereocenters. The van der Waals surface area contributed by atoms with Crippen LogP contribution in [0.4, 0.5) is 0 Å². The number of nitrogens with zero attached hydrogens (tertiary/aromatic N) is 2. The van der Waals surface area contributed by atoms with Crippen molar-refractivity contribution in [3.8, 4) is 0 Å². The molecule has 0 fully saturated rings. The number of pyridine rings is 1. The van der Waals surface area contributed by atoms with Crippen LogP contribution >= 0.6 is 0 Å². The smallest absolute Gasteiger partial charge is 0.191 e. The van der Waals surface area contributed by atoms with Crippen LogP contribution in [0.1, 0.15) is 45.7 Å². The highest BCUT2D eigenvalue weighted by atomic mass is 16.3. The Bertz CT molecular complexity index is 444. The zero-order valence-corrected chi connectivity index (χ0v) is 14.8. The lowest BCUT2D eigenvalue weighted by Crippen LogP contribution is -2.39. The van der Waals surface area contributed by atoms with Gasteiger partial charge in [0, 0.05) is 44.6 Å². The predicted molar refractivity (Wildman–Crippen MR) is 96.6 cm³/mol. The summed E-state index contributed by atoms with van der Waals surface area (Å²) in [6.07, 6.45) is 5.55. The third-order valence-corrected chi connectivity index (χ3v) is 4.46. The Labute approximate surface area is 140 Å². The summed E-state index contributed by atoms with van der Waals surface area (Å²) in [4.78, 5) is 9.07. The molecule has 1 rings (SSSR count). The summed E-state index contributed by atoms with van der Waals surface area (Å²) in [5.74, 6) is 0.840. The standard InChI is InChI=1S/C18H32N4O/c1-4-18(5-2,11-14-23)15-22-17(19-6-3)21-13-10-16-9-7-8-12-20-16/h7-9,12,23H,4-6,10-11,13-15H2,1-3H3,(H2,19,21,22). The fraction of sp³-hybridized carbons (Fsp3) is 0.667. The molecule has 23 heavy (non-hydrogen) atoms. The zero-order valence-electron chi connectivity index (χ0n) is 14.8. The molecule has 0 bridgehead atoms. The van der Waals surface area contributed by atoms with Gasteiger partial charge in [-0.1, -0.05) is 19.9 Å². The topological polar surface area (TPSA) is 69.5 Å². The Hall–Kier alpha value is -1.62. The quantitative estimate of drug-likeness (QED) is 0.457. The van der Waals surface area contributed by atoms with E-state index in [0.29, 0.717) is 0 Å². The highest BCUT2D eigenvalue weighted by Gasteiger charge is 2.25. The van der Waals surface area contributed by atoms with Gasteiger partial charge in [-0.3, -0.25) is 9.98 Å². The SMILES string of the molecule is CCNC(=NCC(CC)(CC)CCO)NCCc1ccccn1. The minimum atomic E-state index is 0.0953. The second-order valence-electron chi connectivity index (χ2n) is 5.87. The Balaban J connectivity index is 2.58. The summed E-state index contributed by atoms with van der Waals surface area (Å²) in [6, 6.07) is 5.97. The van der Waals surface area contributed by atoms with E-state index in [2.05, 4.69) is 36.4 Å². The van der Waals surface area contributed by atoms with Gasteiger partial charge in [0.2, 0.25) is 0 Å². The number of aliphatic hydroxyl groups excluding tert-OH is 1. The molecule has 3 N–H and O–H groups in total. The minimum Gasteiger partial charge on any atom is -0.396 e. The Morgan fingerprint density at radius 1 is 1.22 bits per heavy atom. The van der Waals surface area contributed by atoms with Crippen LogP contribution < -0.4 is 10.6 Å². The molecule has 0 saturated heterocycles. The van der Waals surface area contributed by atoms with E-state index in [0.717, 1.165) is 57.0 Å². The Morgan fingerprint density at radius 2 is 2.00 bits per heavy atom. The van der Waals surface area contributed by atoms with Gasteiger partial charge in [-0.25, -0.2) is 0 Å². The van der Waals surface area contributed by atoms with E-state index in [1.807, 2.05) is 24.4 Å². The first kappa shape index (κ1) is 19.4. The maximum absolute atomic E-state index is 9.31. The van der Waals surface area contributed by atoms with E-state index in [-0.39, 0.29) is 12.0 Å². The summed E-state index contributed by atoms with van der Waals surface area (Å²) < 4.78 is 0. The maximum Gasteiger partial charge on any atom is 0.191 e. The van der Waals surface area contributed by atoms with E-state index in [4.69, 9.17) is 4.99 Å². The molecule has 0 aliphatic carbocycles. The molecule has 0 aliphatic rings. The number of aromatic nitrogens is 1. The molecule has 0 saturated carbocycles. The van der Waals surface area contributed by atoms with Crippen LogP contribution in [0.3, 0.4) is 0 Å². The van der Waals surface area contributed by atoms with Gasteiger partial charge in [-0.05, 0) is 43.7 Å². The first-order chi connectivity index (χ1) is 11.2. The number of hydrogen-bond acceptors (Lipinski definition) is 3. The summed E-state index contributed by atoms with van der Waals surface area (Å²) in [5, 5.41) is 16.0. The summed E-state index contributed by atoms with van der Waals surface area (Å²) in [6.45, 7) is 9.01. The molecule has 5 nitrogen and oxygen atoms in total. The number of nitrogens with one attached hydrogen (secondary N) is 2. The van der Waals surface area contributed by atoms with Crippen molar-refractivity contribution in [1.29, 1.82) is 0 Å². The van der Waals surface area contributed by atoms with Crippen molar-refractivity contribution in [2.24, 2.45) is 10.4 Å². The summed E-state index contributed by atoms with van der Waals surface area (Å²) in [7, 11) is 0. The minimum absolute atomic E-state index is 0.0953. The lowest BCUT2D eigenvalue weighted by atomic mass is 9.79. The monoisotopic (exact) mass is 320 g/mol. The summed E-state index contributed by atoms with van der Waals surface area (Å²) >= 11 is 0. The molecule has 130 valence electrons. The van der Waals surface area contributed by atoms with Crippen molar-refractivity contribution < 1.29 is 5.11 Å². The van der Waals surface area contributed by atoms with E-state index in [1.165, 1.54) is 0 Å². The predicted octanol–water partition coefficient (Wildman–Crippen LogP) is 2.37. The third-order valence-electron chi connectivity index (χ3n) is 4.46. The molecule has 0 radical (unpaired) electrons. The van der Waals surface area contributed by atoms with Gasteiger partial charge >= 0.3 is 0 Å². The van der Waals surface area contributed by atoms with Gasteiger partial charge in [0.25, 0.3) is 0 Å². The highest BCUT2D eigenvalue weighted by Crippen LogP contribution is 2.30. The fourth-order valence-corrected chi connectivity index (χ4v) is 2.59. The second-order valence-corrected chi connectivity index (χ2v) is 5.87. The van der Waals surface area contributed by atoms with Crippen molar-refractivity contribution in [3.63, 3.8) is 0 Å². The molecule has 1 aromatic rings. The number of aliphatic hydroxyl groups is 1. The normalized spacial score (nSPS) is 12.3. The molecule has 0 aromatic carbocycles. The van der Waals surface area contributed by atoms with Gasteiger partial charge in [0.05, 0.1) is 0 Å². The van der Waals surface area contributed by atoms with Crippen molar-refractivity contribution in [3.05, 3.63) is 30.1 Å². The lowest BCUT2D eigenvalue weighted by molar-refractivity contribution is 0.175. The Kier molecular flexibility index (Phi) is 9.29. The van der Waals surface area contributed by atoms with Crippen molar-refractivity contribution >= 4 is 5.96 Å². The van der Waals surface area contributed by atoms with Gasteiger partial charge in [-0.15, -0.1) is 0 Å². The molecular formula is C18H32N4O. The van der Waals surface area contributed by atoms with E-state index < -0.39 is 0 Å². The van der Waals surface area contributed by atoms with Crippen LogP contribution in [-0.2, 0) is 6.42 Å². The third kappa shape index (κ3) is 6.99. The van der Waals surface area contributed by atoms with E-state index in [1.54, 1.807) is 0 Å². The Morgan fingerprint density at radius 3 is 2.57 bits per heavy atom. The average molecular weight is 320 g/mol. The summed E-state index contributed by atoms with van der Waals surface area (Å²) in [5.41, 5.74) is 1.17. The molecule has 0 amide bonds. The molecule has 0 aliphatic heterocycles. The van der Waals surface area contributed by atoms with Gasteiger partial charge in [0.1, 0.15) is 0 Å². The van der Waals surface area contributed by atoms with Crippen LogP contribution in [-0.4, -0.2) is 42.3 Å². The average Bonchev–Trinajstić information content (AvgIpc) is 2.59. The van der Waals surface area contributed by atoms with Gasteiger partial charge in [0.15, 0.2) is 5.96 Å². The van der Waals surface area contributed by atoms with Crippen LogP contribution in [0.5, 0.6) is 0 Å². The number of hydrogen-bond donors (Lipinski definition) is 3. The molecule has 5 heteroatoms. The van der Waals surface area contributed by atoms with E-state index >= 15 is 0 Å². The molecule has 1 aromatic heterocycles. The number of guanidine groups is 1. The van der Waals surface area contributed by atoms with Crippen LogP contribution in [0.25, 0.3) is 0 Å². The van der Waals surface area contributed by atoms with Crippen molar-refractivity contribution in [2.75, 3.05) is 26.2 Å². The molecule has 0 spiro atoms. The second kappa shape index (κ2) is 11.0. The lowest BCUT2D eigenvalue weighted by Gasteiger charge is -2.29. The number of rotatable bonds is 10. The van der Waals surface area contributed by atoms with Crippen molar-refractivity contribution in [1.82, 2.24) is 15.6 Å².